The van der Waals surface area contributed by atoms with Crippen LogP contribution in [0.1, 0.15) is 79.1 Å². The van der Waals surface area contributed by atoms with Crippen LogP contribution in [0.15, 0.2) is 0 Å². The number of hydrogen-bond donors (Lipinski definition) is 0. The summed E-state index contributed by atoms with van der Waals surface area (Å²) >= 11 is 0. The van der Waals surface area contributed by atoms with Gasteiger partial charge in [-0.3, -0.25) is 0 Å². The van der Waals surface area contributed by atoms with Gasteiger partial charge in [0, 0.05) is 32.0 Å². The molecule has 0 amide bonds. The molecule has 1 aliphatic rings. The molecule has 1 rings (SSSR count). The van der Waals surface area contributed by atoms with Crippen molar-refractivity contribution in [3.8, 4) is 0 Å². The van der Waals surface area contributed by atoms with Crippen molar-refractivity contribution in [2.45, 2.75) is 90.7 Å². The van der Waals surface area contributed by atoms with Crippen LogP contribution in [0.3, 0.4) is 0 Å². The van der Waals surface area contributed by atoms with Gasteiger partial charge >= 0.3 is 8.80 Å². The first-order chi connectivity index (χ1) is 12.7. The highest BCUT2D eigenvalue weighted by Crippen LogP contribution is 2.31. The number of epoxide rings is 1. The minimum Gasteiger partial charge on any atom is -0.379 e. The Bertz CT molecular complexity index is 299. The summed E-state index contributed by atoms with van der Waals surface area (Å²) in [4.78, 5) is 0. The Balaban J connectivity index is 2.54. The van der Waals surface area contributed by atoms with Gasteiger partial charge in [-0.15, -0.1) is 0 Å². The summed E-state index contributed by atoms with van der Waals surface area (Å²) in [6.45, 7) is 13.4. The van der Waals surface area contributed by atoms with E-state index in [4.69, 9.17) is 22.8 Å². The molecule has 2 atom stereocenters. The lowest BCUT2D eigenvalue weighted by Crippen LogP contribution is -2.50. The van der Waals surface area contributed by atoms with E-state index in [0.29, 0.717) is 11.6 Å². The molecule has 0 aromatic carbocycles. The average Bonchev–Trinajstić information content (AvgIpc) is 3.45. The summed E-state index contributed by atoms with van der Waals surface area (Å²) in [6.07, 6.45) is 8.91. The minimum atomic E-state index is -2.66. The topological polar surface area (TPSA) is 49.5 Å². The highest BCUT2D eigenvalue weighted by molar-refractivity contribution is 6.62. The molecule has 1 heterocycles. The van der Waals surface area contributed by atoms with Crippen LogP contribution in [0.2, 0.25) is 5.54 Å². The fourth-order valence-corrected chi connectivity index (χ4v) is 5.62. The van der Waals surface area contributed by atoms with Gasteiger partial charge in [0.1, 0.15) is 6.10 Å². The third-order valence-corrected chi connectivity index (χ3v) is 7.95. The van der Waals surface area contributed by atoms with E-state index in [9.17, 15) is 0 Å². The molecule has 0 aromatic rings. The van der Waals surface area contributed by atoms with Crippen molar-refractivity contribution in [1.82, 2.24) is 0 Å². The Morgan fingerprint density at radius 2 is 1.35 bits per heavy atom. The third kappa shape index (κ3) is 10.4. The molecule has 26 heavy (non-hydrogen) atoms. The summed E-state index contributed by atoms with van der Waals surface area (Å²) in [7, 11) is -2.66. The van der Waals surface area contributed by atoms with Crippen molar-refractivity contribution in [2.24, 2.45) is 0 Å². The van der Waals surface area contributed by atoms with Crippen molar-refractivity contribution in [3.05, 3.63) is 0 Å². The first-order valence-corrected chi connectivity index (χ1v) is 12.6. The van der Waals surface area contributed by atoms with Crippen LogP contribution < -0.4 is 0 Å². The summed E-state index contributed by atoms with van der Waals surface area (Å²) < 4.78 is 30.0. The summed E-state index contributed by atoms with van der Waals surface area (Å²) in [5.41, 5.74) is 0.300. The predicted molar refractivity (Wildman–Crippen MR) is 108 cm³/mol. The highest BCUT2D eigenvalue weighted by atomic mass is 28.4. The molecule has 2 unspecified atom stereocenters. The zero-order chi connectivity index (χ0) is 19.1. The normalized spacial score (nSPS) is 18.2. The molecular formula is C20H42O5Si. The Kier molecular flexibility index (Phi) is 13.9. The van der Waals surface area contributed by atoms with Crippen LogP contribution in [-0.4, -0.2) is 54.5 Å². The number of rotatable bonds is 19. The van der Waals surface area contributed by atoms with Gasteiger partial charge in [-0.2, -0.15) is 0 Å². The fraction of sp³-hybridized carbons (Fsp3) is 1.00. The molecular weight excluding hydrogens is 348 g/mol. The second kappa shape index (κ2) is 15.0. The molecule has 0 bridgehead atoms. The first-order valence-electron chi connectivity index (χ1n) is 10.8. The van der Waals surface area contributed by atoms with Gasteiger partial charge in [0.15, 0.2) is 0 Å². The summed E-state index contributed by atoms with van der Waals surface area (Å²) in [5.74, 6) is 0. The van der Waals surface area contributed by atoms with Crippen LogP contribution in [-0.2, 0) is 22.8 Å². The van der Waals surface area contributed by atoms with Gasteiger partial charge in [0.25, 0.3) is 0 Å². The quantitative estimate of drug-likeness (QED) is 0.177. The molecule has 0 saturated carbocycles. The fourth-order valence-electron chi connectivity index (χ4n) is 2.68. The molecule has 5 nitrogen and oxygen atoms in total. The summed E-state index contributed by atoms with van der Waals surface area (Å²) in [5, 5.41) is 0. The molecule has 1 aliphatic heterocycles. The molecule has 1 saturated heterocycles. The zero-order valence-electron chi connectivity index (χ0n) is 17.6. The van der Waals surface area contributed by atoms with Crippen molar-refractivity contribution in [1.29, 1.82) is 0 Å². The van der Waals surface area contributed by atoms with E-state index >= 15 is 0 Å². The van der Waals surface area contributed by atoms with Crippen molar-refractivity contribution >= 4 is 8.80 Å². The highest BCUT2D eigenvalue weighted by Gasteiger charge is 2.46. The maximum absolute atomic E-state index is 6.36. The Morgan fingerprint density at radius 1 is 0.846 bits per heavy atom. The maximum atomic E-state index is 6.36. The van der Waals surface area contributed by atoms with Gasteiger partial charge < -0.3 is 22.8 Å². The number of hydrogen-bond acceptors (Lipinski definition) is 5. The van der Waals surface area contributed by atoms with Gasteiger partial charge in [-0.1, -0.05) is 47.0 Å². The lowest BCUT2D eigenvalue weighted by atomic mass is 10.2. The zero-order valence-corrected chi connectivity index (χ0v) is 18.6. The standard InChI is InChI=1S/C20H42O5Si/c1-5-8-14-23-26(24-15-9-6-2,25-16-10-7-3)19(4)12-11-13-21-17-20-18-22-20/h19-20H,5-18H2,1-4H3. The monoisotopic (exact) mass is 390 g/mol. The van der Waals surface area contributed by atoms with Crippen molar-refractivity contribution < 1.29 is 22.8 Å². The lowest BCUT2D eigenvalue weighted by molar-refractivity contribution is 0.0454. The summed E-state index contributed by atoms with van der Waals surface area (Å²) in [6, 6.07) is 0. The lowest BCUT2D eigenvalue weighted by Gasteiger charge is -2.34. The van der Waals surface area contributed by atoms with E-state index < -0.39 is 8.80 Å². The van der Waals surface area contributed by atoms with E-state index in [1.54, 1.807) is 0 Å². The van der Waals surface area contributed by atoms with Crippen molar-refractivity contribution in [3.63, 3.8) is 0 Å². The SMILES string of the molecule is CCCCO[Si](OCCCC)(OCCCC)C(C)CCCOCC1CO1. The third-order valence-electron chi connectivity index (χ3n) is 4.64. The van der Waals surface area contributed by atoms with E-state index in [1.165, 1.54) is 0 Å². The second-order valence-electron chi connectivity index (χ2n) is 7.28. The van der Waals surface area contributed by atoms with Gasteiger partial charge in [0.2, 0.25) is 0 Å². The molecule has 1 fully saturated rings. The molecule has 156 valence electrons. The van der Waals surface area contributed by atoms with Crippen LogP contribution in [0.5, 0.6) is 0 Å². The largest absolute Gasteiger partial charge is 0.503 e. The Labute approximate surface area is 162 Å². The number of ether oxygens (including phenoxy) is 2. The van der Waals surface area contributed by atoms with Gasteiger partial charge in [-0.05, 0) is 32.1 Å². The van der Waals surface area contributed by atoms with Crippen molar-refractivity contribution in [2.75, 3.05) is 39.6 Å². The maximum Gasteiger partial charge on any atom is 0.503 e. The molecule has 0 spiro atoms. The first kappa shape index (κ1) is 24.1. The van der Waals surface area contributed by atoms with E-state index in [-0.39, 0.29) is 0 Å². The number of unbranched alkanes of at least 4 members (excludes halogenated alkanes) is 3. The Hall–Kier alpha value is 0.0169. The van der Waals surface area contributed by atoms with E-state index in [0.717, 1.165) is 91.0 Å². The molecule has 6 heteroatoms. The van der Waals surface area contributed by atoms with Crippen LogP contribution in [0, 0.1) is 0 Å². The van der Waals surface area contributed by atoms with Crippen LogP contribution in [0.25, 0.3) is 0 Å². The predicted octanol–water partition coefficient (Wildman–Crippen LogP) is 4.96. The molecule has 0 aliphatic carbocycles. The molecule has 0 radical (unpaired) electrons. The van der Waals surface area contributed by atoms with Gasteiger partial charge in [-0.25, -0.2) is 0 Å². The van der Waals surface area contributed by atoms with Crippen LogP contribution >= 0.6 is 0 Å². The minimum absolute atomic E-state index is 0.300. The smallest absolute Gasteiger partial charge is 0.379 e. The molecule has 0 N–H and O–H groups in total. The average molecular weight is 391 g/mol. The van der Waals surface area contributed by atoms with E-state index in [1.807, 2.05) is 0 Å². The van der Waals surface area contributed by atoms with Crippen LogP contribution in [0.4, 0.5) is 0 Å². The second-order valence-corrected chi connectivity index (χ2v) is 10.3. The van der Waals surface area contributed by atoms with E-state index in [2.05, 4.69) is 27.7 Å². The Morgan fingerprint density at radius 3 is 1.77 bits per heavy atom. The van der Waals surface area contributed by atoms with Gasteiger partial charge in [0.05, 0.1) is 13.2 Å². The molecule has 0 aromatic heterocycles.